The quantitative estimate of drug-likeness (QED) is 0.433. The van der Waals surface area contributed by atoms with E-state index in [4.69, 9.17) is 0 Å². The molecule has 0 unspecified atom stereocenters. The van der Waals surface area contributed by atoms with E-state index in [0.717, 1.165) is 12.3 Å². The SMILES string of the molecule is CCCCN(C)N=C(C)C. The molecule has 0 aliphatic carbocycles. The van der Waals surface area contributed by atoms with Gasteiger partial charge in [-0.25, -0.2) is 0 Å². The minimum atomic E-state index is 1.07. The van der Waals surface area contributed by atoms with Gasteiger partial charge in [-0.05, 0) is 20.3 Å². The molecule has 0 amide bonds. The van der Waals surface area contributed by atoms with Gasteiger partial charge in [-0.2, -0.15) is 5.10 Å². The second kappa shape index (κ2) is 5.27. The van der Waals surface area contributed by atoms with E-state index in [1.165, 1.54) is 12.8 Å². The van der Waals surface area contributed by atoms with Crippen LogP contribution in [0.3, 0.4) is 0 Å². The van der Waals surface area contributed by atoms with E-state index in [1.54, 1.807) is 0 Å². The van der Waals surface area contributed by atoms with Gasteiger partial charge in [0, 0.05) is 19.3 Å². The molecule has 0 aromatic rings. The van der Waals surface area contributed by atoms with Crippen LogP contribution < -0.4 is 0 Å². The van der Waals surface area contributed by atoms with Gasteiger partial charge < -0.3 is 5.01 Å². The van der Waals surface area contributed by atoms with Gasteiger partial charge in [0.25, 0.3) is 0 Å². The summed E-state index contributed by atoms with van der Waals surface area (Å²) in [5.74, 6) is 0. The molecule has 0 spiro atoms. The number of unbranched alkanes of at least 4 members (excludes halogenated alkanes) is 1. The highest BCUT2D eigenvalue weighted by molar-refractivity contribution is 5.78. The Kier molecular flexibility index (Phi) is 4.99. The smallest absolute Gasteiger partial charge is 0.0356 e. The normalized spacial score (nSPS) is 9.20. The Morgan fingerprint density at radius 2 is 2.00 bits per heavy atom. The molecule has 2 nitrogen and oxygen atoms in total. The molecule has 0 aliphatic rings. The van der Waals surface area contributed by atoms with Crippen molar-refractivity contribution in [2.75, 3.05) is 13.6 Å². The maximum Gasteiger partial charge on any atom is 0.0356 e. The fourth-order valence-corrected chi connectivity index (χ4v) is 0.778. The molecule has 0 aromatic heterocycles. The first-order valence-electron chi connectivity index (χ1n) is 3.89. The van der Waals surface area contributed by atoms with Gasteiger partial charge in [-0.3, -0.25) is 0 Å². The van der Waals surface area contributed by atoms with Crippen LogP contribution >= 0.6 is 0 Å². The van der Waals surface area contributed by atoms with Crippen molar-refractivity contribution in [3.05, 3.63) is 0 Å². The Bertz CT molecular complexity index is 104. The van der Waals surface area contributed by atoms with Crippen molar-refractivity contribution in [3.8, 4) is 0 Å². The standard InChI is InChI=1S/C8H18N2/c1-5-6-7-10(4)9-8(2)3/h5-7H2,1-4H3. The molecule has 60 valence electrons. The number of hydrazone groups is 1. The first kappa shape index (κ1) is 9.47. The summed E-state index contributed by atoms with van der Waals surface area (Å²) < 4.78 is 0. The van der Waals surface area contributed by atoms with Crippen molar-refractivity contribution >= 4 is 5.71 Å². The van der Waals surface area contributed by atoms with Crippen LogP contribution in [0.1, 0.15) is 33.6 Å². The topological polar surface area (TPSA) is 15.6 Å². The summed E-state index contributed by atoms with van der Waals surface area (Å²) in [7, 11) is 2.02. The summed E-state index contributed by atoms with van der Waals surface area (Å²) >= 11 is 0. The lowest BCUT2D eigenvalue weighted by atomic mass is 10.3. The summed E-state index contributed by atoms with van der Waals surface area (Å²) in [6.45, 7) is 7.29. The Morgan fingerprint density at radius 3 is 2.40 bits per heavy atom. The third-order valence-electron chi connectivity index (χ3n) is 1.21. The molecule has 0 radical (unpaired) electrons. The summed E-state index contributed by atoms with van der Waals surface area (Å²) in [5.41, 5.74) is 1.12. The molecular formula is C8H18N2. The van der Waals surface area contributed by atoms with E-state index in [-0.39, 0.29) is 0 Å². The molecule has 0 aliphatic heterocycles. The van der Waals surface area contributed by atoms with Crippen molar-refractivity contribution in [2.45, 2.75) is 33.6 Å². The monoisotopic (exact) mass is 142 g/mol. The molecular weight excluding hydrogens is 124 g/mol. The molecule has 0 atom stereocenters. The minimum absolute atomic E-state index is 1.07. The predicted molar refractivity (Wildman–Crippen MR) is 46.3 cm³/mol. The number of hydrogen-bond acceptors (Lipinski definition) is 2. The second-order valence-corrected chi connectivity index (χ2v) is 2.78. The van der Waals surface area contributed by atoms with E-state index in [0.29, 0.717) is 0 Å². The van der Waals surface area contributed by atoms with Crippen LogP contribution in [0.25, 0.3) is 0 Å². The van der Waals surface area contributed by atoms with Gasteiger partial charge in [0.05, 0.1) is 0 Å². The molecule has 0 aromatic carbocycles. The average molecular weight is 142 g/mol. The van der Waals surface area contributed by atoms with Crippen molar-refractivity contribution in [1.82, 2.24) is 5.01 Å². The van der Waals surface area contributed by atoms with Gasteiger partial charge in [0.2, 0.25) is 0 Å². The lowest BCUT2D eigenvalue weighted by Crippen LogP contribution is -2.13. The molecule has 0 saturated carbocycles. The molecule has 0 fully saturated rings. The van der Waals surface area contributed by atoms with Crippen LogP contribution in [0.5, 0.6) is 0 Å². The zero-order valence-corrected chi connectivity index (χ0v) is 7.52. The molecule has 2 heteroatoms. The predicted octanol–water partition coefficient (Wildman–Crippen LogP) is 2.11. The van der Waals surface area contributed by atoms with E-state index in [1.807, 2.05) is 25.9 Å². The highest BCUT2D eigenvalue weighted by atomic mass is 15.4. The Balaban J connectivity index is 3.43. The molecule has 0 heterocycles. The third kappa shape index (κ3) is 5.60. The first-order valence-corrected chi connectivity index (χ1v) is 3.89. The zero-order valence-electron chi connectivity index (χ0n) is 7.52. The maximum atomic E-state index is 4.26. The van der Waals surface area contributed by atoms with Gasteiger partial charge in [-0.1, -0.05) is 13.3 Å². The highest BCUT2D eigenvalue weighted by Gasteiger charge is 1.89. The van der Waals surface area contributed by atoms with Crippen LogP contribution in [-0.4, -0.2) is 24.3 Å². The molecule has 0 N–H and O–H groups in total. The fourth-order valence-electron chi connectivity index (χ4n) is 0.778. The number of rotatable bonds is 4. The lowest BCUT2D eigenvalue weighted by molar-refractivity contribution is 0.346. The third-order valence-corrected chi connectivity index (χ3v) is 1.21. The molecule has 0 bridgehead atoms. The zero-order chi connectivity index (χ0) is 7.98. The van der Waals surface area contributed by atoms with Gasteiger partial charge in [0.1, 0.15) is 0 Å². The summed E-state index contributed by atoms with van der Waals surface area (Å²) in [6, 6.07) is 0. The van der Waals surface area contributed by atoms with Crippen LogP contribution in [0.4, 0.5) is 0 Å². The number of nitrogens with zero attached hydrogens (tertiary/aromatic N) is 2. The van der Waals surface area contributed by atoms with Crippen LogP contribution in [0.15, 0.2) is 5.10 Å². The van der Waals surface area contributed by atoms with Crippen molar-refractivity contribution in [2.24, 2.45) is 5.10 Å². The van der Waals surface area contributed by atoms with Crippen LogP contribution in [0.2, 0.25) is 0 Å². The van der Waals surface area contributed by atoms with E-state index >= 15 is 0 Å². The largest absolute Gasteiger partial charge is 0.300 e. The van der Waals surface area contributed by atoms with Crippen molar-refractivity contribution in [1.29, 1.82) is 0 Å². The lowest BCUT2D eigenvalue weighted by Gasteiger charge is -2.11. The van der Waals surface area contributed by atoms with Crippen LogP contribution in [0, 0.1) is 0 Å². The molecule has 0 saturated heterocycles. The Morgan fingerprint density at radius 1 is 1.40 bits per heavy atom. The van der Waals surface area contributed by atoms with Gasteiger partial charge in [-0.15, -0.1) is 0 Å². The van der Waals surface area contributed by atoms with E-state index in [2.05, 4.69) is 12.0 Å². The summed E-state index contributed by atoms with van der Waals surface area (Å²) in [6.07, 6.45) is 2.47. The average Bonchev–Trinajstić information content (AvgIpc) is 1.82. The molecule has 10 heavy (non-hydrogen) atoms. The fraction of sp³-hybridized carbons (Fsp3) is 0.875. The maximum absolute atomic E-state index is 4.26. The highest BCUT2D eigenvalue weighted by Crippen LogP contribution is 1.92. The summed E-state index contributed by atoms with van der Waals surface area (Å²) in [4.78, 5) is 0. The first-order chi connectivity index (χ1) is 4.66. The number of hydrogen-bond donors (Lipinski definition) is 0. The van der Waals surface area contributed by atoms with E-state index < -0.39 is 0 Å². The Labute approximate surface area is 63.9 Å². The van der Waals surface area contributed by atoms with E-state index in [9.17, 15) is 0 Å². The van der Waals surface area contributed by atoms with Crippen LogP contribution in [-0.2, 0) is 0 Å². The van der Waals surface area contributed by atoms with Gasteiger partial charge >= 0.3 is 0 Å². The van der Waals surface area contributed by atoms with Crippen molar-refractivity contribution < 1.29 is 0 Å². The van der Waals surface area contributed by atoms with Crippen molar-refractivity contribution in [3.63, 3.8) is 0 Å². The minimum Gasteiger partial charge on any atom is -0.300 e. The Hall–Kier alpha value is -0.530. The second-order valence-electron chi connectivity index (χ2n) is 2.78. The van der Waals surface area contributed by atoms with Gasteiger partial charge in [0.15, 0.2) is 0 Å². The molecule has 0 rings (SSSR count). The summed E-state index contributed by atoms with van der Waals surface area (Å²) in [5, 5.41) is 6.26.